The number of nitrogens with zero attached hydrogens (tertiary/aromatic N) is 1. The monoisotopic (exact) mass is 215 g/mol. The summed E-state index contributed by atoms with van der Waals surface area (Å²) < 4.78 is 0. The van der Waals surface area contributed by atoms with Gasteiger partial charge in [-0.15, -0.1) is 0 Å². The van der Waals surface area contributed by atoms with Gasteiger partial charge in [-0.05, 0) is 35.4 Å². The molecule has 2 rings (SSSR count). The summed E-state index contributed by atoms with van der Waals surface area (Å²) in [6, 6.07) is 11.2. The standard InChI is InChI=1S/C13H13NO2/c15-8-10-5-11(9-16)7-12(6-10)13-3-1-2-4-14-13/h1-7,15-16H,8-9H2. The molecule has 0 radical (unpaired) electrons. The molecular weight excluding hydrogens is 202 g/mol. The second-order valence-corrected chi connectivity index (χ2v) is 3.57. The van der Waals surface area contributed by atoms with Gasteiger partial charge in [0.2, 0.25) is 0 Å². The fraction of sp³-hybridized carbons (Fsp3) is 0.154. The van der Waals surface area contributed by atoms with Crippen LogP contribution in [-0.2, 0) is 13.2 Å². The highest BCUT2D eigenvalue weighted by atomic mass is 16.3. The molecule has 0 unspecified atom stereocenters. The molecule has 1 aromatic heterocycles. The minimum atomic E-state index is -0.0341. The van der Waals surface area contributed by atoms with Crippen molar-refractivity contribution in [3.05, 3.63) is 53.7 Å². The maximum atomic E-state index is 9.13. The Morgan fingerprint density at radius 2 is 1.62 bits per heavy atom. The molecule has 0 amide bonds. The Bertz CT molecular complexity index is 446. The molecule has 3 nitrogen and oxygen atoms in total. The molecule has 3 heteroatoms. The number of aliphatic hydroxyl groups is 2. The van der Waals surface area contributed by atoms with E-state index in [0.29, 0.717) is 0 Å². The molecule has 2 N–H and O–H groups in total. The normalized spacial score (nSPS) is 10.4. The van der Waals surface area contributed by atoms with Gasteiger partial charge in [0, 0.05) is 11.8 Å². The first-order valence-electron chi connectivity index (χ1n) is 5.09. The number of pyridine rings is 1. The fourth-order valence-electron chi connectivity index (χ4n) is 1.63. The van der Waals surface area contributed by atoms with Crippen LogP contribution in [0.4, 0.5) is 0 Å². The van der Waals surface area contributed by atoms with Crippen LogP contribution in [-0.4, -0.2) is 15.2 Å². The predicted molar refractivity (Wildman–Crippen MR) is 61.5 cm³/mol. The van der Waals surface area contributed by atoms with Crippen LogP contribution in [0.3, 0.4) is 0 Å². The van der Waals surface area contributed by atoms with E-state index in [1.165, 1.54) is 0 Å². The molecule has 0 aliphatic rings. The number of benzene rings is 1. The second kappa shape index (κ2) is 4.88. The first-order chi connectivity index (χ1) is 7.83. The van der Waals surface area contributed by atoms with E-state index in [4.69, 9.17) is 10.2 Å². The predicted octanol–water partition coefficient (Wildman–Crippen LogP) is 1.73. The number of hydrogen-bond acceptors (Lipinski definition) is 3. The van der Waals surface area contributed by atoms with Gasteiger partial charge in [-0.3, -0.25) is 4.98 Å². The SMILES string of the molecule is OCc1cc(CO)cc(-c2ccccn2)c1. The summed E-state index contributed by atoms with van der Waals surface area (Å²) in [6.07, 6.45) is 1.72. The van der Waals surface area contributed by atoms with Gasteiger partial charge in [0.1, 0.15) is 0 Å². The first kappa shape index (κ1) is 10.8. The Hall–Kier alpha value is -1.71. The number of aliphatic hydroxyl groups excluding tert-OH is 2. The minimum absolute atomic E-state index is 0.0341. The quantitative estimate of drug-likeness (QED) is 0.819. The van der Waals surface area contributed by atoms with Crippen molar-refractivity contribution in [1.82, 2.24) is 4.98 Å². The van der Waals surface area contributed by atoms with Crippen LogP contribution < -0.4 is 0 Å². The van der Waals surface area contributed by atoms with Gasteiger partial charge in [0.05, 0.1) is 18.9 Å². The maximum Gasteiger partial charge on any atom is 0.0702 e. The van der Waals surface area contributed by atoms with E-state index in [9.17, 15) is 0 Å². The molecule has 0 spiro atoms. The Morgan fingerprint density at radius 1 is 0.938 bits per heavy atom. The third-order valence-electron chi connectivity index (χ3n) is 2.38. The molecule has 0 atom stereocenters. The molecule has 0 saturated heterocycles. The minimum Gasteiger partial charge on any atom is -0.392 e. The summed E-state index contributed by atoms with van der Waals surface area (Å²) in [4.78, 5) is 4.24. The van der Waals surface area contributed by atoms with E-state index in [-0.39, 0.29) is 13.2 Å². The van der Waals surface area contributed by atoms with Crippen molar-refractivity contribution < 1.29 is 10.2 Å². The molecule has 0 fully saturated rings. The average Bonchev–Trinajstić information content (AvgIpc) is 2.39. The van der Waals surface area contributed by atoms with Crippen LogP contribution in [0.1, 0.15) is 11.1 Å². The Labute approximate surface area is 94.0 Å². The third kappa shape index (κ3) is 2.27. The molecule has 2 aromatic rings. The molecule has 0 saturated carbocycles. The van der Waals surface area contributed by atoms with Gasteiger partial charge in [0.25, 0.3) is 0 Å². The smallest absolute Gasteiger partial charge is 0.0702 e. The zero-order valence-corrected chi connectivity index (χ0v) is 8.80. The van der Waals surface area contributed by atoms with E-state index in [2.05, 4.69) is 4.98 Å². The third-order valence-corrected chi connectivity index (χ3v) is 2.38. The average molecular weight is 215 g/mol. The summed E-state index contributed by atoms with van der Waals surface area (Å²) in [6.45, 7) is -0.0681. The summed E-state index contributed by atoms with van der Waals surface area (Å²) in [7, 11) is 0. The summed E-state index contributed by atoms with van der Waals surface area (Å²) in [5, 5.41) is 18.3. The highest BCUT2D eigenvalue weighted by Gasteiger charge is 2.03. The highest BCUT2D eigenvalue weighted by Crippen LogP contribution is 2.20. The summed E-state index contributed by atoms with van der Waals surface area (Å²) in [5.41, 5.74) is 3.32. The Morgan fingerprint density at radius 3 is 2.12 bits per heavy atom. The van der Waals surface area contributed by atoms with Crippen molar-refractivity contribution in [3.8, 4) is 11.3 Å². The van der Waals surface area contributed by atoms with Crippen LogP contribution in [0.15, 0.2) is 42.6 Å². The molecule has 16 heavy (non-hydrogen) atoms. The Kier molecular flexibility index (Phi) is 3.29. The van der Waals surface area contributed by atoms with Crippen LogP contribution in [0, 0.1) is 0 Å². The van der Waals surface area contributed by atoms with E-state index in [0.717, 1.165) is 22.4 Å². The number of aromatic nitrogens is 1. The lowest BCUT2D eigenvalue weighted by atomic mass is 10.0. The molecule has 0 bridgehead atoms. The van der Waals surface area contributed by atoms with E-state index >= 15 is 0 Å². The molecular formula is C13H13NO2. The van der Waals surface area contributed by atoms with Gasteiger partial charge in [-0.2, -0.15) is 0 Å². The van der Waals surface area contributed by atoms with Gasteiger partial charge < -0.3 is 10.2 Å². The number of hydrogen-bond donors (Lipinski definition) is 2. The largest absolute Gasteiger partial charge is 0.392 e. The van der Waals surface area contributed by atoms with Crippen LogP contribution >= 0.6 is 0 Å². The van der Waals surface area contributed by atoms with E-state index < -0.39 is 0 Å². The molecule has 0 aliphatic heterocycles. The Balaban J connectivity index is 2.48. The first-order valence-corrected chi connectivity index (χ1v) is 5.09. The van der Waals surface area contributed by atoms with E-state index in [1.807, 2.05) is 30.3 Å². The second-order valence-electron chi connectivity index (χ2n) is 3.57. The van der Waals surface area contributed by atoms with E-state index in [1.54, 1.807) is 12.3 Å². The van der Waals surface area contributed by atoms with Crippen molar-refractivity contribution in [2.24, 2.45) is 0 Å². The summed E-state index contributed by atoms with van der Waals surface area (Å²) in [5.74, 6) is 0. The van der Waals surface area contributed by atoms with Crippen molar-refractivity contribution >= 4 is 0 Å². The molecule has 1 heterocycles. The lowest BCUT2D eigenvalue weighted by Gasteiger charge is -2.06. The van der Waals surface area contributed by atoms with Gasteiger partial charge in [0.15, 0.2) is 0 Å². The zero-order chi connectivity index (χ0) is 11.4. The summed E-state index contributed by atoms with van der Waals surface area (Å²) >= 11 is 0. The maximum absolute atomic E-state index is 9.13. The van der Waals surface area contributed by atoms with Crippen molar-refractivity contribution in [3.63, 3.8) is 0 Å². The number of rotatable bonds is 3. The highest BCUT2D eigenvalue weighted by molar-refractivity contribution is 5.61. The van der Waals surface area contributed by atoms with Gasteiger partial charge in [-0.25, -0.2) is 0 Å². The van der Waals surface area contributed by atoms with Crippen molar-refractivity contribution in [2.45, 2.75) is 13.2 Å². The fourth-order valence-corrected chi connectivity index (χ4v) is 1.63. The zero-order valence-electron chi connectivity index (χ0n) is 8.80. The molecule has 1 aromatic carbocycles. The molecule has 0 aliphatic carbocycles. The van der Waals surface area contributed by atoms with Gasteiger partial charge >= 0.3 is 0 Å². The van der Waals surface area contributed by atoms with Crippen LogP contribution in [0.2, 0.25) is 0 Å². The van der Waals surface area contributed by atoms with Crippen molar-refractivity contribution in [1.29, 1.82) is 0 Å². The van der Waals surface area contributed by atoms with Crippen LogP contribution in [0.5, 0.6) is 0 Å². The molecule has 82 valence electrons. The van der Waals surface area contributed by atoms with Crippen molar-refractivity contribution in [2.75, 3.05) is 0 Å². The topological polar surface area (TPSA) is 53.4 Å². The van der Waals surface area contributed by atoms with Crippen LogP contribution in [0.25, 0.3) is 11.3 Å². The van der Waals surface area contributed by atoms with Gasteiger partial charge in [-0.1, -0.05) is 12.1 Å². The lowest BCUT2D eigenvalue weighted by molar-refractivity contribution is 0.275. The lowest BCUT2D eigenvalue weighted by Crippen LogP contribution is -1.92.